The second-order valence-corrected chi connectivity index (χ2v) is 8.98. The van der Waals surface area contributed by atoms with Gasteiger partial charge in [0.2, 0.25) is 0 Å². The molecule has 3 atom stereocenters. The van der Waals surface area contributed by atoms with Gasteiger partial charge in [-0.15, -0.1) is 5.10 Å². The van der Waals surface area contributed by atoms with Gasteiger partial charge in [0.05, 0.1) is 41.5 Å². The van der Waals surface area contributed by atoms with Crippen LogP contribution in [0.25, 0.3) is 16.8 Å². The molecule has 5 heterocycles. The van der Waals surface area contributed by atoms with Crippen molar-refractivity contribution in [1.82, 2.24) is 34.9 Å². The highest BCUT2D eigenvalue weighted by Gasteiger charge is 2.27. The standard InChI is InChI=1S/C23H25ClFN7O2/c1-13-8-26-6-5-19(13)32-14(2)22(29-30-32)15-7-20(23-17(24)10-28-31(23)11-15)34-21(12-33)18-4-3-16(25)9-27-18/h3-4,7,9-11,13,19,21,26,33H,5-6,8,12H2,1-2H3. The summed E-state index contributed by atoms with van der Waals surface area (Å²) in [5, 5.41) is 27.1. The van der Waals surface area contributed by atoms with Crippen molar-refractivity contribution in [1.29, 1.82) is 0 Å². The SMILES string of the molecule is Cc1c(-c2cc(OC(CO)c3ccc(F)cn3)c3c(Cl)cnn3c2)nnn1C1CCNCC1C. The Kier molecular flexibility index (Phi) is 6.20. The largest absolute Gasteiger partial charge is 0.479 e. The summed E-state index contributed by atoms with van der Waals surface area (Å²) in [6.07, 6.45) is 4.60. The summed E-state index contributed by atoms with van der Waals surface area (Å²) in [5.41, 5.74) is 3.34. The molecule has 1 saturated heterocycles. The molecule has 5 rings (SSSR count). The molecule has 0 radical (unpaired) electrons. The van der Waals surface area contributed by atoms with E-state index >= 15 is 0 Å². The Labute approximate surface area is 200 Å². The number of aliphatic hydroxyl groups is 1. The van der Waals surface area contributed by atoms with Crippen LogP contribution in [0.5, 0.6) is 5.75 Å². The molecule has 4 aromatic heterocycles. The van der Waals surface area contributed by atoms with Crippen LogP contribution in [0.3, 0.4) is 0 Å². The molecule has 3 unspecified atom stereocenters. The molecule has 0 amide bonds. The molecule has 11 heteroatoms. The first-order valence-electron chi connectivity index (χ1n) is 11.1. The van der Waals surface area contributed by atoms with Gasteiger partial charge in [-0.05, 0) is 50.6 Å². The topological polar surface area (TPSA) is 102 Å². The second kappa shape index (κ2) is 9.28. The lowest BCUT2D eigenvalue weighted by atomic mass is 9.95. The number of hydrogen-bond donors (Lipinski definition) is 2. The summed E-state index contributed by atoms with van der Waals surface area (Å²) < 4.78 is 23.1. The number of nitrogens with zero attached hydrogens (tertiary/aromatic N) is 6. The monoisotopic (exact) mass is 485 g/mol. The van der Waals surface area contributed by atoms with Gasteiger partial charge in [-0.25, -0.2) is 13.6 Å². The van der Waals surface area contributed by atoms with E-state index in [2.05, 4.69) is 32.6 Å². The summed E-state index contributed by atoms with van der Waals surface area (Å²) in [6.45, 7) is 5.74. The lowest BCUT2D eigenvalue weighted by Crippen LogP contribution is -2.37. The molecule has 0 aliphatic carbocycles. The zero-order valence-corrected chi connectivity index (χ0v) is 19.6. The molecule has 34 heavy (non-hydrogen) atoms. The number of piperidine rings is 1. The van der Waals surface area contributed by atoms with E-state index in [9.17, 15) is 9.50 Å². The van der Waals surface area contributed by atoms with E-state index in [1.54, 1.807) is 4.52 Å². The van der Waals surface area contributed by atoms with E-state index in [-0.39, 0.29) is 12.6 Å². The average molecular weight is 486 g/mol. The van der Waals surface area contributed by atoms with Gasteiger partial charge in [0.25, 0.3) is 0 Å². The van der Waals surface area contributed by atoms with Crippen molar-refractivity contribution >= 4 is 17.1 Å². The van der Waals surface area contributed by atoms with Crippen LogP contribution in [-0.4, -0.2) is 54.4 Å². The number of pyridine rings is 2. The van der Waals surface area contributed by atoms with Gasteiger partial charge < -0.3 is 15.2 Å². The van der Waals surface area contributed by atoms with Gasteiger partial charge >= 0.3 is 0 Å². The van der Waals surface area contributed by atoms with Gasteiger partial charge in [-0.3, -0.25) is 4.98 Å². The van der Waals surface area contributed by atoms with Crippen LogP contribution in [-0.2, 0) is 0 Å². The Hall–Kier alpha value is -3.08. The average Bonchev–Trinajstić information content (AvgIpc) is 3.41. The van der Waals surface area contributed by atoms with Gasteiger partial charge in [-0.2, -0.15) is 5.10 Å². The number of rotatable bonds is 6. The number of aromatic nitrogens is 6. The highest BCUT2D eigenvalue weighted by molar-refractivity contribution is 6.34. The van der Waals surface area contributed by atoms with Crippen molar-refractivity contribution in [3.63, 3.8) is 0 Å². The summed E-state index contributed by atoms with van der Waals surface area (Å²) in [4.78, 5) is 4.05. The molecular formula is C23H25ClFN7O2. The van der Waals surface area contributed by atoms with E-state index in [4.69, 9.17) is 16.3 Å². The summed E-state index contributed by atoms with van der Waals surface area (Å²) in [5.74, 6) is 0.362. The maximum Gasteiger partial charge on any atom is 0.163 e. The summed E-state index contributed by atoms with van der Waals surface area (Å²) in [7, 11) is 0. The van der Waals surface area contributed by atoms with Crippen LogP contribution in [0.2, 0.25) is 5.02 Å². The van der Waals surface area contributed by atoms with E-state index in [1.165, 1.54) is 18.3 Å². The van der Waals surface area contributed by atoms with Crippen LogP contribution >= 0.6 is 11.6 Å². The second-order valence-electron chi connectivity index (χ2n) is 8.57. The van der Waals surface area contributed by atoms with Crippen molar-refractivity contribution in [2.45, 2.75) is 32.4 Å². The van der Waals surface area contributed by atoms with Crippen molar-refractivity contribution in [2.24, 2.45) is 5.92 Å². The maximum absolute atomic E-state index is 13.3. The quantitative estimate of drug-likeness (QED) is 0.431. The third-order valence-corrected chi connectivity index (χ3v) is 6.58. The van der Waals surface area contributed by atoms with Crippen molar-refractivity contribution in [3.05, 3.63) is 59.0 Å². The molecule has 0 spiro atoms. The predicted molar refractivity (Wildman–Crippen MR) is 124 cm³/mol. The fraction of sp³-hybridized carbons (Fsp3) is 0.391. The molecule has 1 aliphatic heterocycles. The van der Waals surface area contributed by atoms with Crippen LogP contribution < -0.4 is 10.1 Å². The lowest BCUT2D eigenvalue weighted by Gasteiger charge is -2.30. The molecule has 0 aromatic carbocycles. The highest BCUT2D eigenvalue weighted by atomic mass is 35.5. The summed E-state index contributed by atoms with van der Waals surface area (Å²) >= 11 is 6.39. The van der Waals surface area contributed by atoms with Gasteiger partial charge in [0, 0.05) is 11.8 Å². The fourth-order valence-electron chi connectivity index (χ4n) is 4.48. The molecule has 1 aliphatic rings. The van der Waals surface area contributed by atoms with E-state index in [0.29, 0.717) is 33.6 Å². The molecule has 0 bridgehead atoms. The van der Waals surface area contributed by atoms with E-state index in [1.807, 2.05) is 23.9 Å². The van der Waals surface area contributed by atoms with E-state index in [0.717, 1.165) is 37.0 Å². The van der Waals surface area contributed by atoms with Crippen molar-refractivity contribution in [2.75, 3.05) is 19.7 Å². The van der Waals surface area contributed by atoms with Gasteiger partial charge in [0.1, 0.15) is 22.8 Å². The van der Waals surface area contributed by atoms with Crippen molar-refractivity contribution in [3.8, 4) is 17.0 Å². The minimum atomic E-state index is -0.821. The Bertz CT molecular complexity index is 1310. The molecule has 178 valence electrons. The minimum Gasteiger partial charge on any atom is -0.479 e. The Morgan fingerprint density at radius 1 is 1.35 bits per heavy atom. The number of fused-ring (bicyclic) bond motifs is 1. The summed E-state index contributed by atoms with van der Waals surface area (Å²) in [6, 6.07) is 4.83. The lowest BCUT2D eigenvalue weighted by molar-refractivity contribution is 0.114. The molecule has 1 fully saturated rings. The van der Waals surface area contributed by atoms with Gasteiger partial charge in [-0.1, -0.05) is 23.7 Å². The number of nitrogens with one attached hydrogen (secondary N) is 1. The maximum atomic E-state index is 13.3. The zero-order valence-electron chi connectivity index (χ0n) is 18.8. The number of ether oxygens (including phenoxy) is 1. The third kappa shape index (κ3) is 4.13. The molecule has 4 aromatic rings. The first kappa shape index (κ1) is 22.7. The number of aliphatic hydroxyl groups excluding tert-OH is 1. The fourth-order valence-corrected chi connectivity index (χ4v) is 4.70. The number of halogens is 2. The van der Waals surface area contributed by atoms with Crippen LogP contribution in [0, 0.1) is 18.7 Å². The van der Waals surface area contributed by atoms with Gasteiger partial charge in [0.15, 0.2) is 6.10 Å². The molecule has 9 nitrogen and oxygen atoms in total. The first-order valence-corrected chi connectivity index (χ1v) is 11.5. The van der Waals surface area contributed by atoms with E-state index < -0.39 is 11.9 Å². The smallest absolute Gasteiger partial charge is 0.163 e. The zero-order chi connectivity index (χ0) is 23.8. The molecule has 2 N–H and O–H groups in total. The Morgan fingerprint density at radius 2 is 2.21 bits per heavy atom. The van der Waals surface area contributed by atoms with Crippen molar-refractivity contribution < 1.29 is 14.2 Å². The predicted octanol–water partition coefficient (Wildman–Crippen LogP) is 3.37. The molecule has 0 saturated carbocycles. The Balaban J connectivity index is 1.55. The first-order chi connectivity index (χ1) is 16.5. The minimum absolute atomic E-state index is 0.268. The van der Waals surface area contributed by atoms with Crippen LogP contribution in [0.4, 0.5) is 4.39 Å². The molecular weight excluding hydrogens is 461 g/mol. The Morgan fingerprint density at radius 3 is 2.94 bits per heavy atom. The highest BCUT2D eigenvalue weighted by Crippen LogP contribution is 2.36. The number of hydrogen-bond acceptors (Lipinski definition) is 7. The third-order valence-electron chi connectivity index (χ3n) is 6.30. The van der Waals surface area contributed by atoms with Crippen LogP contribution in [0.1, 0.15) is 36.9 Å². The normalized spacial score (nSPS) is 19.4. The van der Waals surface area contributed by atoms with Crippen LogP contribution in [0.15, 0.2) is 36.8 Å².